The van der Waals surface area contributed by atoms with Gasteiger partial charge in [-0.1, -0.05) is 12.1 Å². The van der Waals surface area contributed by atoms with Gasteiger partial charge in [-0.15, -0.1) is 0 Å². The van der Waals surface area contributed by atoms with Crippen LogP contribution in [0.5, 0.6) is 0 Å². The van der Waals surface area contributed by atoms with Gasteiger partial charge in [-0.3, -0.25) is 0 Å². The van der Waals surface area contributed by atoms with Crippen LogP contribution in [0.2, 0.25) is 0 Å². The van der Waals surface area contributed by atoms with Crippen LogP contribution in [-0.4, -0.2) is 24.9 Å². The van der Waals surface area contributed by atoms with Crippen LogP contribution in [-0.2, 0) is 16.6 Å². The lowest BCUT2D eigenvalue weighted by Crippen LogP contribution is -2.26. The first kappa shape index (κ1) is 15.8. The number of aryl methyl sites for hydroxylation is 1. The van der Waals surface area contributed by atoms with E-state index in [-0.39, 0.29) is 11.4 Å². The van der Waals surface area contributed by atoms with E-state index in [0.29, 0.717) is 11.3 Å². The second-order valence-corrected chi connectivity index (χ2v) is 7.05. The lowest BCUT2D eigenvalue weighted by atomic mass is 10.1. The average molecular weight is 309 g/mol. The van der Waals surface area contributed by atoms with E-state index in [1.165, 1.54) is 23.5 Å². The quantitative estimate of drug-likeness (QED) is 0.921. The monoisotopic (exact) mass is 309 g/mol. The summed E-state index contributed by atoms with van der Waals surface area (Å²) in [5.74, 6) is 0.710. The van der Waals surface area contributed by atoms with Gasteiger partial charge in [0.15, 0.2) is 0 Å². The van der Waals surface area contributed by atoms with Crippen molar-refractivity contribution in [3.05, 3.63) is 53.5 Å². The maximum Gasteiger partial charge on any atom is 0.243 e. The van der Waals surface area contributed by atoms with Gasteiger partial charge in [-0.2, -0.15) is 4.31 Å². The van der Waals surface area contributed by atoms with Crippen molar-refractivity contribution < 1.29 is 17.9 Å². The summed E-state index contributed by atoms with van der Waals surface area (Å²) in [6.07, 6.45) is 0.927. The normalized spacial score (nSPS) is 13.6. The summed E-state index contributed by atoms with van der Waals surface area (Å²) in [5.41, 5.74) is 1.52. The van der Waals surface area contributed by atoms with E-state index < -0.39 is 16.1 Å². The smallest absolute Gasteiger partial charge is 0.243 e. The maximum absolute atomic E-state index is 12.5. The standard InChI is InChI=1S/C15H19NO4S/c1-11(17)13-4-6-15(7-5-13)21(18,19)16(3)10-14-8-9-20-12(14)2/h4-9,11,17H,10H2,1-3H3. The second kappa shape index (κ2) is 6.01. The number of furan rings is 1. The summed E-state index contributed by atoms with van der Waals surface area (Å²) in [5, 5.41) is 9.46. The van der Waals surface area contributed by atoms with Crippen molar-refractivity contribution in [1.29, 1.82) is 0 Å². The Morgan fingerprint density at radius 1 is 1.24 bits per heavy atom. The van der Waals surface area contributed by atoms with Gasteiger partial charge in [0.25, 0.3) is 0 Å². The first-order valence-corrected chi connectivity index (χ1v) is 8.03. The van der Waals surface area contributed by atoms with Gasteiger partial charge >= 0.3 is 0 Å². The summed E-state index contributed by atoms with van der Waals surface area (Å²) >= 11 is 0. The number of nitrogens with zero attached hydrogens (tertiary/aromatic N) is 1. The van der Waals surface area contributed by atoms with E-state index in [1.54, 1.807) is 38.3 Å². The molecule has 1 unspecified atom stereocenters. The Bertz CT molecular complexity index is 702. The van der Waals surface area contributed by atoms with Gasteiger partial charge in [0, 0.05) is 19.2 Å². The number of benzene rings is 1. The minimum absolute atomic E-state index is 0.204. The molecule has 2 rings (SSSR count). The Morgan fingerprint density at radius 3 is 2.33 bits per heavy atom. The zero-order chi connectivity index (χ0) is 15.6. The minimum atomic E-state index is -3.56. The molecule has 2 aromatic rings. The van der Waals surface area contributed by atoms with Crippen molar-refractivity contribution in [3.63, 3.8) is 0 Å². The number of hydrogen-bond acceptors (Lipinski definition) is 4. The number of sulfonamides is 1. The molecule has 0 aliphatic rings. The molecule has 114 valence electrons. The molecule has 0 spiro atoms. The highest BCUT2D eigenvalue weighted by Gasteiger charge is 2.22. The number of hydrogen-bond donors (Lipinski definition) is 1. The van der Waals surface area contributed by atoms with E-state index in [1.807, 2.05) is 0 Å². The average Bonchev–Trinajstić information content (AvgIpc) is 2.84. The predicted octanol–water partition coefficient (Wildman–Crippen LogP) is 2.46. The first-order chi connectivity index (χ1) is 9.82. The van der Waals surface area contributed by atoms with Crippen molar-refractivity contribution in [2.75, 3.05) is 7.05 Å². The van der Waals surface area contributed by atoms with Gasteiger partial charge in [0.2, 0.25) is 10.0 Å². The molecule has 1 aromatic carbocycles. The molecule has 0 saturated heterocycles. The Balaban J connectivity index is 2.22. The lowest BCUT2D eigenvalue weighted by Gasteiger charge is -2.17. The zero-order valence-corrected chi connectivity index (χ0v) is 13.1. The molecular weight excluding hydrogens is 290 g/mol. The Kier molecular flexibility index (Phi) is 4.51. The van der Waals surface area contributed by atoms with E-state index in [2.05, 4.69) is 0 Å². The third kappa shape index (κ3) is 3.34. The largest absolute Gasteiger partial charge is 0.469 e. The van der Waals surface area contributed by atoms with Crippen LogP contribution in [0.15, 0.2) is 45.9 Å². The van der Waals surface area contributed by atoms with Gasteiger partial charge in [0.05, 0.1) is 17.3 Å². The van der Waals surface area contributed by atoms with E-state index in [0.717, 1.165) is 5.56 Å². The first-order valence-electron chi connectivity index (χ1n) is 6.59. The van der Waals surface area contributed by atoms with Crippen molar-refractivity contribution in [1.82, 2.24) is 4.31 Å². The van der Waals surface area contributed by atoms with Crippen molar-refractivity contribution >= 4 is 10.0 Å². The summed E-state index contributed by atoms with van der Waals surface area (Å²) in [7, 11) is -2.03. The van der Waals surface area contributed by atoms with Gasteiger partial charge < -0.3 is 9.52 Å². The fraction of sp³-hybridized carbons (Fsp3) is 0.333. The molecule has 1 atom stereocenters. The highest BCUT2D eigenvalue weighted by atomic mass is 32.2. The number of aliphatic hydroxyl groups excluding tert-OH is 1. The van der Waals surface area contributed by atoms with Crippen LogP contribution in [0.4, 0.5) is 0 Å². The predicted molar refractivity (Wildman–Crippen MR) is 79.2 cm³/mol. The van der Waals surface area contributed by atoms with Gasteiger partial charge in [-0.05, 0) is 37.6 Å². The zero-order valence-electron chi connectivity index (χ0n) is 12.3. The highest BCUT2D eigenvalue weighted by molar-refractivity contribution is 7.89. The molecular formula is C15H19NO4S. The van der Waals surface area contributed by atoms with Crippen molar-refractivity contribution in [2.45, 2.75) is 31.4 Å². The van der Waals surface area contributed by atoms with Gasteiger partial charge in [-0.25, -0.2) is 8.42 Å². The van der Waals surface area contributed by atoms with Crippen molar-refractivity contribution in [2.24, 2.45) is 0 Å². The second-order valence-electron chi connectivity index (χ2n) is 5.01. The van der Waals surface area contributed by atoms with E-state index >= 15 is 0 Å². The topological polar surface area (TPSA) is 70.8 Å². The number of rotatable bonds is 5. The molecule has 21 heavy (non-hydrogen) atoms. The van der Waals surface area contributed by atoms with E-state index in [4.69, 9.17) is 4.42 Å². The summed E-state index contributed by atoms with van der Waals surface area (Å²) in [6.45, 7) is 3.69. The molecule has 0 aliphatic carbocycles. The van der Waals surface area contributed by atoms with Crippen LogP contribution in [0.3, 0.4) is 0 Å². The Labute approximate surface area is 124 Å². The highest BCUT2D eigenvalue weighted by Crippen LogP contribution is 2.21. The third-order valence-corrected chi connectivity index (χ3v) is 5.25. The molecule has 1 heterocycles. The molecule has 1 aromatic heterocycles. The molecule has 0 saturated carbocycles. The summed E-state index contributed by atoms with van der Waals surface area (Å²) in [6, 6.07) is 8.02. The van der Waals surface area contributed by atoms with Crippen LogP contribution in [0.25, 0.3) is 0 Å². The minimum Gasteiger partial charge on any atom is -0.469 e. The Hall–Kier alpha value is -1.63. The summed E-state index contributed by atoms with van der Waals surface area (Å²) in [4.78, 5) is 0.204. The molecule has 1 N–H and O–H groups in total. The molecule has 0 amide bonds. The molecule has 0 aliphatic heterocycles. The third-order valence-electron chi connectivity index (χ3n) is 3.43. The van der Waals surface area contributed by atoms with E-state index in [9.17, 15) is 13.5 Å². The van der Waals surface area contributed by atoms with Crippen LogP contribution < -0.4 is 0 Å². The van der Waals surface area contributed by atoms with Gasteiger partial charge in [0.1, 0.15) is 5.76 Å². The molecule has 6 heteroatoms. The molecule has 5 nitrogen and oxygen atoms in total. The number of aliphatic hydroxyl groups is 1. The maximum atomic E-state index is 12.5. The Morgan fingerprint density at radius 2 is 1.86 bits per heavy atom. The van der Waals surface area contributed by atoms with Crippen LogP contribution in [0, 0.1) is 6.92 Å². The summed E-state index contributed by atoms with van der Waals surface area (Å²) < 4.78 is 31.4. The van der Waals surface area contributed by atoms with Crippen LogP contribution in [0.1, 0.15) is 29.9 Å². The SMILES string of the molecule is Cc1occc1CN(C)S(=O)(=O)c1ccc(C(C)O)cc1. The molecule has 0 bridgehead atoms. The van der Waals surface area contributed by atoms with Crippen LogP contribution >= 0.6 is 0 Å². The van der Waals surface area contributed by atoms with Crippen molar-refractivity contribution in [3.8, 4) is 0 Å². The molecule has 0 fully saturated rings. The molecule has 0 radical (unpaired) electrons. The lowest BCUT2D eigenvalue weighted by molar-refractivity contribution is 0.199. The fourth-order valence-electron chi connectivity index (χ4n) is 2.00. The fourth-order valence-corrected chi connectivity index (χ4v) is 3.15.